The minimum absolute atomic E-state index is 0.137. The number of aryl methyl sites for hydroxylation is 1. The first-order valence-electron chi connectivity index (χ1n) is 6.34. The van der Waals surface area contributed by atoms with Crippen molar-refractivity contribution in [2.45, 2.75) is 11.3 Å². The molecule has 0 aliphatic carbocycles. The smallest absolute Gasteiger partial charge is 0.269 e. The molecular formula is C13H15N2O6PS. The third-order valence-corrected chi connectivity index (χ3v) is 3.51. The predicted molar refractivity (Wildman–Crippen MR) is 82.6 cm³/mol. The lowest BCUT2D eigenvalue weighted by molar-refractivity contribution is -0.384. The van der Waals surface area contributed by atoms with Gasteiger partial charge in [-0.05, 0) is 24.1 Å². The van der Waals surface area contributed by atoms with E-state index in [2.05, 4.69) is 17.1 Å². The van der Waals surface area contributed by atoms with E-state index in [4.69, 9.17) is 19.2 Å². The van der Waals surface area contributed by atoms with Crippen LogP contribution in [0.3, 0.4) is 0 Å². The van der Waals surface area contributed by atoms with Crippen LogP contribution in [0, 0.1) is 10.1 Å². The van der Waals surface area contributed by atoms with Crippen molar-refractivity contribution in [2.75, 3.05) is 5.75 Å². The van der Waals surface area contributed by atoms with Gasteiger partial charge >= 0.3 is 0 Å². The van der Waals surface area contributed by atoms with Crippen molar-refractivity contribution in [3.8, 4) is 0 Å². The molecule has 0 atom stereocenters. The highest BCUT2D eigenvalue weighted by Crippen LogP contribution is 2.22. The maximum absolute atomic E-state index is 10.5. The van der Waals surface area contributed by atoms with E-state index < -0.39 is 7.82 Å². The monoisotopic (exact) mass is 358 g/mol. The summed E-state index contributed by atoms with van der Waals surface area (Å²) in [4.78, 5) is 37.1. The Bertz CT molecular complexity index is 654. The van der Waals surface area contributed by atoms with Crippen molar-refractivity contribution in [2.24, 2.45) is 0 Å². The molecule has 0 fully saturated rings. The van der Waals surface area contributed by atoms with Crippen molar-refractivity contribution >= 4 is 25.3 Å². The zero-order valence-electron chi connectivity index (χ0n) is 11.9. The van der Waals surface area contributed by atoms with Crippen molar-refractivity contribution in [3.63, 3.8) is 0 Å². The Labute approximate surface area is 136 Å². The fourth-order valence-electron chi connectivity index (χ4n) is 1.54. The highest BCUT2D eigenvalue weighted by Gasteiger charge is 2.04. The third kappa shape index (κ3) is 9.77. The number of rotatable bonds is 5. The Morgan fingerprint density at radius 3 is 2.13 bits per heavy atom. The molecule has 0 spiro atoms. The third-order valence-electron chi connectivity index (χ3n) is 2.49. The van der Waals surface area contributed by atoms with Gasteiger partial charge in [-0.3, -0.25) is 14.7 Å². The topological polar surface area (TPSA) is 138 Å². The number of nitro benzene ring substituents is 1. The predicted octanol–water partition coefficient (Wildman–Crippen LogP) is 1.18. The van der Waals surface area contributed by atoms with Crippen LogP contribution < -0.4 is 9.88 Å². The van der Waals surface area contributed by atoms with Crippen molar-refractivity contribution in [1.82, 2.24) is 0 Å². The fourth-order valence-corrected chi connectivity index (χ4v) is 2.44. The van der Waals surface area contributed by atoms with Crippen LogP contribution in [0.15, 0.2) is 53.7 Å². The SMILES string of the molecule is O=P([O-])(O)O.O=[N+]([O-])c1ccc(SCCc2cc[nH+]cc2)cc1. The summed E-state index contributed by atoms with van der Waals surface area (Å²) in [7, 11) is -4.89. The number of nitrogens with zero attached hydrogens (tertiary/aromatic N) is 1. The number of pyridine rings is 1. The number of aromatic amines is 1. The van der Waals surface area contributed by atoms with E-state index in [1.807, 2.05) is 12.4 Å². The standard InChI is InChI=1S/C13H12N2O2S.H3O4P/c16-15(17)12-1-3-13(4-2-12)18-10-7-11-5-8-14-9-6-11;1-5(2,3)4/h1-6,8-9H,7,10H2;(H3,1,2,3,4). The average Bonchev–Trinajstić information content (AvgIpc) is 2.47. The van der Waals surface area contributed by atoms with Gasteiger partial charge in [-0.2, -0.15) is 0 Å². The molecule has 0 aliphatic rings. The summed E-state index contributed by atoms with van der Waals surface area (Å²) in [5, 5.41) is 10.5. The minimum atomic E-state index is -4.89. The summed E-state index contributed by atoms with van der Waals surface area (Å²) in [5.74, 6) is 0.960. The lowest BCUT2D eigenvalue weighted by atomic mass is 10.2. The summed E-state index contributed by atoms with van der Waals surface area (Å²) in [5.41, 5.74) is 1.42. The first-order valence-corrected chi connectivity index (χ1v) is 8.86. The van der Waals surface area contributed by atoms with Gasteiger partial charge in [0, 0.05) is 34.9 Å². The molecule has 1 heterocycles. The van der Waals surface area contributed by atoms with E-state index in [0.717, 1.165) is 17.1 Å². The number of H-pyrrole nitrogens is 1. The first-order chi connectivity index (χ1) is 10.8. The van der Waals surface area contributed by atoms with E-state index in [-0.39, 0.29) is 10.6 Å². The van der Waals surface area contributed by atoms with Gasteiger partial charge in [0.25, 0.3) is 13.5 Å². The van der Waals surface area contributed by atoms with Crippen LogP contribution in [0.25, 0.3) is 0 Å². The van der Waals surface area contributed by atoms with Crippen LogP contribution in [0.2, 0.25) is 0 Å². The molecule has 1 aromatic heterocycles. The zero-order valence-corrected chi connectivity index (χ0v) is 13.6. The number of nitro groups is 1. The molecule has 3 N–H and O–H groups in total. The Morgan fingerprint density at radius 2 is 1.65 bits per heavy atom. The van der Waals surface area contributed by atoms with Crippen LogP contribution in [0.5, 0.6) is 0 Å². The molecule has 0 unspecified atom stereocenters. The number of nitrogens with one attached hydrogen (secondary N) is 1. The molecule has 2 rings (SSSR count). The van der Waals surface area contributed by atoms with Gasteiger partial charge in [0.2, 0.25) is 0 Å². The summed E-state index contributed by atoms with van der Waals surface area (Å²) >= 11 is 1.70. The number of phosphoric acid groups is 1. The number of hydrogen-bond donors (Lipinski definition) is 2. The fraction of sp³-hybridized carbons (Fsp3) is 0.154. The Balaban J connectivity index is 0.000000463. The molecule has 0 bridgehead atoms. The summed E-state index contributed by atoms with van der Waals surface area (Å²) < 4.78 is 8.77. The Morgan fingerprint density at radius 1 is 1.13 bits per heavy atom. The first kappa shape index (κ1) is 19.3. The highest BCUT2D eigenvalue weighted by atomic mass is 32.2. The van der Waals surface area contributed by atoms with E-state index in [9.17, 15) is 10.1 Å². The van der Waals surface area contributed by atoms with Gasteiger partial charge in [0.05, 0.1) is 4.92 Å². The van der Waals surface area contributed by atoms with Gasteiger partial charge in [0.1, 0.15) is 0 Å². The molecule has 2 aromatic rings. The second-order valence-electron chi connectivity index (χ2n) is 4.25. The molecule has 0 saturated carbocycles. The molecule has 0 radical (unpaired) electrons. The number of thioether (sulfide) groups is 1. The summed E-state index contributed by atoms with van der Waals surface area (Å²) in [6.45, 7) is 0. The molecule has 1 aromatic carbocycles. The minimum Gasteiger partial charge on any atom is -0.756 e. The zero-order chi connectivity index (χ0) is 17.3. The van der Waals surface area contributed by atoms with Gasteiger partial charge in [0.15, 0.2) is 12.4 Å². The normalized spacial score (nSPS) is 10.6. The van der Waals surface area contributed by atoms with Crippen LogP contribution >= 0.6 is 19.6 Å². The van der Waals surface area contributed by atoms with Gasteiger partial charge in [-0.15, -0.1) is 11.8 Å². The number of hydrogen-bond acceptors (Lipinski definition) is 5. The van der Waals surface area contributed by atoms with E-state index in [1.165, 1.54) is 5.56 Å². The quantitative estimate of drug-likeness (QED) is 0.354. The summed E-state index contributed by atoms with van der Waals surface area (Å²) in [6.07, 6.45) is 4.80. The van der Waals surface area contributed by atoms with E-state index >= 15 is 0 Å². The van der Waals surface area contributed by atoms with Gasteiger partial charge in [-0.25, -0.2) is 4.98 Å². The summed E-state index contributed by atoms with van der Waals surface area (Å²) in [6, 6.07) is 10.8. The maximum Gasteiger partial charge on any atom is 0.269 e. The highest BCUT2D eigenvalue weighted by molar-refractivity contribution is 7.99. The lowest BCUT2D eigenvalue weighted by Crippen LogP contribution is -1.99. The second-order valence-corrected chi connectivity index (χ2v) is 6.40. The van der Waals surface area contributed by atoms with Crippen LogP contribution in [0.1, 0.15) is 5.56 Å². The molecule has 10 heteroatoms. The molecule has 0 saturated heterocycles. The van der Waals surface area contributed by atoms with Crippen LogP contribution in [-0.2, 0) is 11.0 Å². The Kier molecular flexibility index (Phi) is 7.87. The number of aromatic nitrogens is 1. The molecule has 0 amide bonds. The molecule has 124 valence electrons. The Hall–Kier alpha value is -1.77. The van der Waals surface area contributed by atoms with E-state index in [1.54, 1.807) is 36.0 Å². The largest absolute Gasteiger partial charge is 0.756 e. The van der Waals surface area contributed by atoms with Crippen LogP contribution in [-0.4, -0.2) is 20.5 Å². The number of benzene rings is 1. The van der Waals surface area contributed by atoms with Crippen molar-refractivity contribution in [1.29, 1.82) is 0 Å². The van der Waals surface area contributed by atoms with Gasteiger partial charge < -0.3 is 14.7 Å². The van der Waals surface area contributed by atoms with Crippen LogP contribution in [0.4, 0.5) is 5.69 Å². The molecule has 23 heavy (non-hydrogen) atoms. The van der Waals surface area contributed by atoms with E-state index in [0.29, 0.717) is 0 Å². The number of non-ortho nitro benzene ring substituents is 1. The molecule has 0 aliphatic heterocycles. The average molecular weight is 358 g/mol. The van der Waals surface area contributed by atoms with Gasteiger partial charge in [-0.1, -0.05) is 0 Å². The van der Waals surface area contributed by atoms with Crippen molar-refractivity contribution < 1.29 is 29.2 Å². The molecule has 8 nitrogen and oxygen atoms in total. The maximum atomic E-state index is 10.5. The second kappa shape index (κ2) is 9.39. The lowest BCUT2D eigenvalue weighted by Gasteiger charge is -2.01. The van der Waals surface area contributed by atoms with Crippen molar-refractivity contribution in [3.05, 3.63) is 64.5 Å². The molecular weight excluding hydrogens is 343 g/mol.